The number of sulfonamides is 1. The van der Waals surface area contributed by atoms with Crippen LogP contribution < -0.4 is 14.4 Å². The zero-order valence-corrected chi connectivity index (χ0v) is 23.8. The molecule has 0 bridgehead atoms. The molecule has 0 atom stereocenters. The highest BCUT2D eigenvalue weighted by atomic mass is 32.2. The number of rotatable bonds is 9. The number of amides is 1. The van der Waals surface area contributed by atoms with Gasteiger partial charge in [-0.05, 0) is 75.3 Å². The minimum Gasteiger partial charge on any atom is -0.476 e. The van der Waals surface area contributed by atoms with Crippen LogP contribution in [0.2, 0.25) is 0 Å². The van der Waals surface area contributed by atoms with Crippen molar-refractivity contribution in [2.75, 3.05) is 43.9 Å². The van der Waals surface area contributed by atoms with Crippen molar-refractivity contribution in [3.63, 3.8) is 0 Å². The third-order valence-electron chi connectivity index (χ3n) is 7.68. The van der Waals surface area contributed by atoms with Gasteiger partial charge in [0.05, 0.1) is 34.3 Å². The quantitative estimate of drug-likeness (QED) is 0.292. The van der Waals surface area contributed by atoms with Gasteiger partial charge in [0.25, 0.3) is 10.0 Å². The molecule has 0 saturated heterocycles. The van der Waals surface area contributed by atoms with Crippen molar-refractivity contribution in [2.45, 2.75) is 29.6 Å². The number of anilines is 2. The summed E-state index contributed by atoms with van der Waals surface area (Å²) in [6.45, 7) is 1.12. The lowest BCUT2D eigenvalue weighted by Gasteiger charge is -2.16. The molecule has 6 rings (SSSR count). The Morgan fingerprint density at radius 2 is 1.88 bits per heavy atom. The molecule has 4 aromatic rings. The molecule has 11 heteroatoms. The van der Waals surface area contributed by atoms with Crippen LogP contribution in [-0.4, -0.2) is 63.5 Å². The number of pyridine rings is 2. The van der Waals surface area contributed by atoms with Gasteiger partial charge < -0.3 is 14.5 Å². The van der Waals surface area contributed by atoms with Gasteiger partial charge in [0.1, 0.15) is 11.5 Å². The van der Waals surface area contributed by atoms with Gasteiger partial charge in [0, 0.05) is 36.3 Å². The number of benzene rings is 2. The molecule has 1 spiro atoms. The van der Waals surface area contributed by atoms with E-state index in [1.165, 1.54) is 18.2 Å². The monoisotopic (exact) mass is 575 g/mol. The number of halogens is 1. The van der Waals surface area contributed by atoms with Crippen LogP contribution in [0.1, 0.15) is 24.8 Å². The number of aromatic nitrogens is 2. The summed E-state index contributed by atoms with van der Waals surface area (Å²) in [6.07, 6.45) is 5.71. The van der Waals surface area contributed by atoms with Crippen molar-refractivity contribution < 1.29 is 22.3 Å². The van der Waals surface area contributed by atoms with Gasteiger partial charge >= 0.3 is 0 Å². The summed E-state index contributed by atoms with van der Waals surface area (Å²) in [5.41, 5.74) is 3.67. The van der Waals surface area contributed by atoms with Crippen LogP contribution in [0.3, 0.4) is 0 Å². The van der Waals surface area contributed by atoms with Crippen LogP contribution >= 0.6 is 0 Å². The maximum absolute atomic E-state index is 13.8. The number of nitrogens with one attached hydrogen (secondary N) is 1. The predicted octanol–water partition coefficient (Wildman–Crippen LogP) is 4.58. The number of carbonyl (C=O) groups is 1. The lowest BCUT2D eigenvalue weighted by molar-refractivity contribution is -0.119. The minimum atomic E-state index is -4.13. The van der Waals surface area contributed by atoms with Crippen LogP contribution in [0.15, 0.2) is 65.8 Å². The van der Waals surface area contributed by atoms with E-state index in [9.17, 15) is 17.6 Å². The topological polar surface area (TPSA) is 105 Å². The summed E-state index contributed by atoms with van der Waals surface area (Å²) in [7, 11) is 1.56. The Kier molecular flexibility index (Phi) is 6.66. The van der Waals surface area contributed by atoms with Crippen LogP contribution in [0, 0.1) is 5.82 Å². The van der Waals surface area contributed by atoms with Crippen LogP contribution in [0.5, 0.6) is 5.88 Å². The summed E-state index contributed by atoms with van der Waals surface area (Å²) < 4.78 is 48.7. The molecule has 1 fully saturated rings. The molecule has 212 valence electrons. The van der Waals surface area contributed by atoms with E-state index in [-0.39, 0.29) is 22.4 Å². The highest BCUT2D eigenvalue weighted by Crippen LogP contribution is 2.58. The van der Waals surface area contributed by atoms with Gasteiger partial charge in [-0.25, -0.2) is 17.8 Å². The fourth-order valence-corrected chi connectivity index (χ4v) is 6.51. The summed E-state index contributed by atoms with van der Waals surface area (Å²) >= 11 is 0. The van der Waals surface area contributed by atoms with Crippen LogP contribution in [0.25, 0.3) is 22.0 Å². The number of likely N-dealkylation sites (N-methyl/N-ethyl adjacent to an activating group) is 1. The van der Waals surface area contributed by atoms with Crippen LogP contribution in [0.4, 0.5) is 15.8 Å². The van der Waals surface area contributed by atoms with Crippen molar-refractivity contribution >= 4 is 38.2 Å². The normalized spacial score (nSPS) is 15.5. The smallest absolute Gasteiger partial charge is 0.262 e. The number of fused-ring (bicyclic) bond motifs is 4. The fourth-order valence-electron chi connectivity index (χ4n) is 5.43. The molecule has 2 aliphatic rings. The number of nitrogens with zero attached hydrogens (tertiary/aromatic N) is 4. The van der Waals surface area contributed by atoms with E-state index in [0.29, 0.717) is 18.6 Å². The van der Waals surface area contributed by atoms with E-state index >= 15 is 0 Å². The lowest BCUT2D eigenvalue weighted by Crippen LogP contribution is -2.28. The second-order valence-corrected chi connectivity index (χ2v) is 12.5. The van der Waals surface area contributed by atoms with Gasteiger partial charge in [0.15, 0.2) is 0 Å². The standard InChI is InChI=1S/C30H30FN5O4S/c1-35(2)12-5-13-40-28-25(34-41(38,39)22-7-4-6-21(31)16-22)15-20(17-33-28)19-8-9-24-23(14-19)27-26(18-32-24)36(3)29(37)30(27)10-11-30/h4,6-9,14-18,34H,5,10-13H2,1-3H3. The Balaban J connectivity index is 1.40. The molecule has 3 heterocycles. The molecule has 0 radical (unpaired) electrons. The fraction of sp³-hybridized carbons (Fsp3) is 0.300. The van der Waals surface area contributed by atoms with Crippen molar-refractivity contribution in [3.8, 4) is 17.0 Å². The van der Waals surface area contributed by atoms with Gasteiger partial charge in [-0.2, -0.15) is 0 Å². The first-order valence-corrected chi connectivity index (χ1v) is 14.9. The zero-order valence-electron chi connectivity index (χ0n) is 23.0. The maximum atomic E-state index is 13.8. The van der Waals surface area contributed by atoms with E-state index in [4.69, 9.17) is 4.74 Å². The van der Waals surface area contributed by atoms with E-state index in [0.717, 1.165) is 53.2 Å². The number of hydrogen-bond acceptors (Lipinski definition) is 7. The molecular formula is C30H30FN5O4S. The first kappa shape index (κ1) is 27.1. The minimum absolute atomic E-state index is 0.0960. The Morgan fingerprint density at radius 3 is 2.61 bits per heavy atom. The number of hydrogen-bond donors (Lipinski definition) is 1. The molecular weight excluding hydrogens is 545 g/mol. The number of carbonyl (C=O) groups excluding carboxylic acids is 1. The summed E-state index contributed by atoms with van der Waals surface area (Å²) in [5, 5.41) is 0.890. The van der Waals surface area contributed by atoms with Crippen molar-refractivity contribution in [1.82, 2.24) is 14.9 Å². The lowest BCUT2D eigenvalue weighted by atomic mass is 9.92. The first-order chi connectivity index (χ1) is 19.6. The van der Waals surface area contributed by atoms with Gasteiger partial charge in [-0.3, -0.25) is 14.5 Å². The molecule has 1 amide bonds. The average Bonchev–Trinajstić information content (AvgIpc) is 3.72. The third kappa shape index (κ3) is 4.89. The largest absolute Gasteiger partial charge is 0.476 e. The Hall–Kier alpha value is -4.09. The molecule has 2 aromatic carbocycles. The highest BCUT2D eigenvalue weighted by Gasteiger charge is 2.59. The first-order valence-electron chi connectivity index (χ1n) is 13.4. The molecule has 41 heavy (non-hydrogen) atoms. The second-order valence-electron chi connectivity index (χ2n) is 10.8. The predicted molar refractivity (Wildman–Crippen MR) is 155 cm³/mol. The molecule has 1 saturated carbocycles. The SMILES string of the molecule is CN(C)CCCOc1ncc(-c2ccc3ncc4c(c3c2)C2(CC2)C(=O)N4C)cc1NS(=O)(=O)c1cccc(F)c1. The Morgan fingerprint density at radius 1 is 1.07 bits per heavy atom. The zero-order chi connectivity index (χ0) is 28.9. The third-order valence-corrected chi connectivity index (χ3v) is 9.04. The molecule has 2 aromatic heterocycles. The average molecular weight is 576 g/mol. The molecule has 0 unspecified atom stereocenters. The van der Waals surface area contributed by atoms with E-state index in [1.54, 1.807) is 30.4 Å². The summed E-state index contributed by atoms with van der Waals surface area (Å²) in [6, 6.07) is 12.2. The molecule has 1 aliphatic carbocycles. The maximum Gasteiger partial charge on any atom is 0.262 e. The van der Waals surface area contributed by atoms with E-state index in [2.05, 4.69) is 14.7 Å². The molecule has 1 N–H and O–H groups in total. The second kappa shape index (κ2) is 10.1. The van der Waals surface area contributed by atoms with Crippen molar-refractivity contribution in [1.29, 1.82) is 0 Å². The van der Waals surface area contributed by atoms with Crippen molar-refractivity contribution in [3.05, 3.63) is 72.3 Å². The van der Waals surface area contributed by atoms with E-state index in [1.807, 2.05) is 37.2 Å². The summed E-state index contributed by atoms with van der Waals surface area (Å²) in [5.74, 6) is -0.437. The van der Waals surface area contributed by atoms with Crippen molar-refractivity contribution in [2.24, 2.45) is 0 Å². The molecule has 1 aliphatic heterocycles. The Bertz CT molecular complexity index is 1790. The van der Waals surface area contributed by atoms with E-state index < -0.39 is 21.3 Å². The van der Waals surface area contributed by atoms with Crippen LogP contribution in [-0.2, 0) is 20.2 Å². The van der Waals surface area contributed by atoms with Gasteiger partial charge in [-0.15, -0.1) is 0 Å². The Labute approximate surface area is 238 Å². The highest BCUT2D eigenvalue weighted by molar-refractivity contribution is 7.92. The van der Waals surface area contributed by atoms with Gasteiger partial charge in [-0.1, -0.05) is 12.1 Å². The number of ether oxygens (including phenoxy) is 1. The van der Waals surface area contributed by atoms with Gasteiger partial charge in [0.2, 0.25) is 11.8 Å². The molecule has 9 nitrogen and oxygen atoms in total. The summed E-state index contributed by atoms with van der Waals surface area (Å²) in [4.78, 5) is 25.6.